The third-order valence-corrected chi connectivity index (χ3v) is 4.87. The maximum atomic E-state index is 11.8. The van der Waals surface area contributed by atoms with Crippen LogP contribution in [0.4, 0.5) is 9.93 Å². The van der Waals surface area contributed by atoms with Crippen LogP contribution in [0.15, 0.2) is 17.3 Å². The highest BCUT2D eigenvalue weighted by Gasteiger charge is 2.34. The van der Waals surface area contributed by atoms with E-state index in [-0.39, 0.29) is 5.97 Å². The van der Waals surface area contributed by atoms with Crippen molar-refractivity contribution in [2.75, 3.05) is 37.7 Å². The monoisotopic (exact) mass is 381 g/mol. The largest absolute Gasteiger partial charge is 0.528 e. The summed E-state index contributed by atoms with van der Waals surface area (Å²) in [6, 6.07) is 0. The predicted octanol–water partition coefficient (Wildman–Crippen LogP) is 2.62. The second-order valence-electron chi connectivity index (χ2n) is 7.14. The van der Waals surface area contributed by atoms with Gasteiger partial charge in [0.2, 0.25) is 0 Å². The number of carbonyl (C=O) groups excluding carboxylic acids is 2. The zero-order valence-electron chi connectivity index (χ0n) is 15.4. The fraction of sp³-hybridized carbons (Fsp3) is 0.588. The SMILES string of the molecule is CCOC(=O)c1cnc(N2CC3=C(CN(OC(=O)OC(C)(C)C)C3)C2)s1. The van der Waals surface area contributed by atoms with Crippen LogP contribution in [0.2, 0.25) is 0 Å². The van der Waals surface area contributed by atoms with Crippen molar-refractivity contribution >= 4 is 28.6 Å². The summed E-state index contributed by atoms with van der Waals surface area (Å²) in [5.41, 5.74) is 1.84. The number of rotatable bonds is 4. The molecule has 0 amide bonds. The molecule has 2 aliphatic rings. The summed E-state index contributed by atoms with van der Waals surface area (Å²) in [6.07, 6.45) is 0.869. The zero-order valence-corrected chi connectivity index (χ0v) is 16.2. The summed E-state index contributed by atoms with van der Waals surface area (Å²) in [6.45, 7) is 10.0. The van der Waals surface area contributed by atoms with Gasteiger partial charge in [0.25, 0.3) is 0 Å². The molecule has 0 saturated carbocycles. The number of hydroxylamine groups is 2. The molecule has 0 N–H and O–H groups in total. The van der Waals surface area contributed by atoms with Crippen molar-refractivity contribution in [2.24, 2.45) is 0 Å². The van der Waals surface area contributed by atoms with E-state index in [0.29, 0.717) is 37.7 Å². The van der Waals surface area contributed by atoms with Gasteiger partial charge < -0.3 is 19.2 Å². The molecule has 3 heterocycles. The molecule has 0 bridgehead atoms. The molecular weight excluding hydrogens is 358 g/mol. The fourth-order valence-electron chi connectivity index (χ4n) is 2.83. The first-order chi connectivity index (χ1) is 12.2. The van der Waals surface area contributed by atoms with Gasteiger partial charge in [-0.3, -0.25) is 0 Å². The Labute approximate surface area is 156 Å². The lowest BCUT2D eigenvalue weighted by molar-refractivity contribution is -0.128. The lowest BCUT2D eigenvalue weighted by atomic mass is 10.2. The van der Waals surface area contributed by atoms with E-state index in [4.69, 9.17) is 14.3 Å². The average molecular weight is 381 g/mol. The minimum Gasteiger partial charge on any atom is -0.462 e. The molecule has 0 aromatic carbocycles. The molecule has 1 aromatic heterocycles. The van der Waals surface area contributed by atoms with Crippen molar-refractivity contribution in [3.05, 3.63) is 22.2 Å². The van der Waals surface area contributed by atoms with E-state index in [2.05, 4.69) is 9.88 Å². The third kappa shape index (κ3) is 4.34. The Balaban J connectivity index is 1.51. The molecule has 0 saturated heterocycles. The number of ether oxygens (including phenoxy) is 2. The van der Waals surface area contributed by atoms with Crippen LogP contribution in [-0.2, 0) is 14.3 Å². The van der Waals surface area contributed by atoms with E-state index in [1.807, 2.05) is 0 Å². The standard InChI is InChI=1S/C17H23N3O5S/c1-5-23-14(21)13-6-18-15(26-13)19-7-11-9-20(10-12(11)8-19)25-16(22)24-17(2,3)4/h6H,5,7-10H2,1-4H3. The van der Waals surface area contributed by atoms with E-state index in [1.54, 1.807) is 39.0 Å². The maximum absolute atomic E-state index is 11.8. The van der Waals surface area contributed by atoms with E-state index >= 15 is 0 Å². The highest BCUT2D eigenvalue weighted by molar-refractivity contribution is 7.17. The topological polar surface area (TPSA) is 81.2 Å². The number of anilines is 1. The quantitative estimate of drug-likeness (QED) is 0.582. The second-order valence-corrected chi connectivity index (χ2v) is 8.15. The Kier molecular flexibility index (Phi) is 5.19. The van der Waals surface area contributed by atoms with Crippen molar-refractivity contribution in [3.8, 4) is 0 Å². The molecule has 26 heavy (non-hydrogen) atoms. The molecule has 9 heteroatoms. The van der Waals surface area contributed by atoms with Crippen LogP contribution in [0.25, 0.3) is 0 Å². The second kappa shape index (κ2) is 7.24. The first-order valence-corrected chi connectivity index (χ1v) is 9.30. The smallest absolute Gasteiger partial charge is 0.462 e. The van der Waals surface area contributed by atoms with Gasteiger partial charge in [-0.05, 0) is 38.8 Å². The number of esters is 1. The Morgan fingerprint density at radius 2 is 1.85 bits per heavy atom. The molecule has 8 nitrogen and oxygen atoms in total. The average Bonchev–Trinajstić information content (AvgIpc) is 3.18. The molecular formula is C17H23N3O5S. The van der Waals surface area contributed by atoms with Crippen LogP contribution in [-0.4, -0.2) is 60.6 Å². The fourth-order valence-corrected chi connectivity index (χ4v) is 3.64. The number of carbonyl (C=O) groups is 2. The summed E-state index contributed by atoms with van der Waals surface area (Å²) in [4.78, 5) is 35.8. The molecule has 0 spiro atoms. The van der Waals surface area contributed by atoms with Gasteiger partial charge in [-0.15, -0.1) is 5.06 Å². The number of hydrogen-bond donors (Lipinski definition) is 0. The van der Waals surface area contributed by atoms with Crippen LogP contribution in [0, 0.1) is 0 Å². The summed E-state index contributed by atoms with van der Waals surface area (Å²) < 4.78 is 10.2. The van der Waals surface area contributed by atoms with E-state index in [0.717, 1.165) is 5.13 Å². The van der Waals surface area contributed by atoms with E-state index in [1.165, 1.54) is 22.5 Å². The van der Waals surface area contributed by atoms with Crippen LogP contribution in [0.3, 0.4) is 0 Å². The normalized spacial score (nSPS) is 17.5. The minimum absolute atomic E-state index is 0.340. The number of thiazole rings is 1. The van der Waals surface area contributed by atoms with Crippen LogP contribution in [0.1, 0.15) is 37.4 Å². The number of hydrogen-bond acceptors (Lipinski definition) is 9. The van der Waals surface area contributed by atoms with Gasteiger partial charge in [0, 0.05) is 13.1 Å². The molecule has 0 fully saturated rings. The first kappa shape index (κ1) is 18.7. The van der Waals surface area contributed by atoms with Crippen LogP contribution >= 0.6 is 11.3 Å². The Hall–Kier alpha value is -2.13. The van der Waals surface area contributed by atoms with Gasteiger partial charge in [0.1, 0.15) is 10.5 Å². The Morgan fingerprint density at radius 1 is 1.19 bits per heavy atom. The highest BCUT2D eigenvalue weighted by atomic mass is 32.1. The van der Waals surface area contributed by atoms with Crippen molar-refractivity contribution in [2.45, 2.75) is 33.3 Å². The van der Waals surface area contributed by atoms with E-state index < -0.39 is 11.8 Å². The van der Waals surface area contributed by atoms with Crippen molar-refractivity contribution in [1.82, 2.24) is 10.0 Å². The third-order valence-electron chi connectivity index (χ3n) is 3.83. The first-order valence-electron chi connectivity index (χ1n) is 8.48. The predicted molar refractivity (Wildman–Crippen MR) is 96.2 cm³/mol. The summed E-state index contributed by atoms with van der Waals surface area (Å²) >= 11 is 1.33. The van der Waals surface area contributed by atoms with Gasteiger partial charge in [-0.2, -0.15) is 0 Å². The zero-order chi connectivity index (χ0) is 18.9. The van der Waals surface area contributed by atoms with Gasteiger partial charge in [-0.25, -0.2) is 14.6 Å². The Bertz CT molecular complexity index is 719. The molecule has 0 unspecified atom stereocenters. The minimum atomic E-state index is -0.686. The molecule has 1 aromatic rings. The number of nitrogens with zero attached hydrogens (tertiary/aromatic N) is 3. The molecule has 142 valence electrons. The van der Waals surface area contributed by atoms with Gasteiger partial charge in [-0.1, -0.05) is 11.3 Å². The van der Waals surface area contributed by atoms with Gasteiger partial charge in [0.05, 0.1) is 25.9 Å². The van der Waals surface area contributed by atoms with Crippen LogP contribution in [0.5, 0.6) is 0 Å². The van der Waals surface area contributed by atoms with Crippen LogP contribution < -0.4 is 4.90 Å². The van der Waals surface area contributed by atoms with Crippen molar-refractivity contribution < 1.29 is 23.9 Å². The summed E-state index contributed by atoms with van der Waals surface area (Å²) in [5.74, 6) is -0.340. The lowest BCUT2D eigenvalue weighted by Crippen LogP contribution is -2.34. The van der Waals surface area contributed by atoms with Crippen molar-refractivity contribution in [1.29, 1.82) is 0 Å². The van der Waals surface area contributed by atoms with Gasteiger partial charge in [0.15, 0.2) is 5.13 Å². The van der Waals surface area contributed by atoms with E-state index in [9.17, 15) is 9.59 Å². The van der Waals surface area contributed by atoms with Crippen molar-refractivity contribution in [3.63, 3.8) is 0 Å². The highest BCUT2D eigenvalue weighted by Crippen LogP contribution is 2.32. The molecule has 0 aliphatic carbocycles. The number of aromatic nitrogens is 1. The van der Waals surface area contributed by atoms with Gasteiger partial charge >= 0.3 is 12.1 Å². The maximum Gasteiger partial charge on any atom is 0.528 e. The molecule has 0 atom stereocenters. The molecule has 0 radical (unpaired) electrons. The summed E-state index contributed by atoms with van der Waals surface area (Å²) in [7, 11) is 0. The molecule has 3 rings (SSSR count). The molecule has 2 aliphatic heterocycles. The summed E-state index contributed by atoms with van der Waals surface area (Å²) in [5, 5.41) is 2.41. The Morgan fingerprint density at radius 3 is 2.42 bits per heavy atom. The lowest BCUT2D eigenvalue weighted by Gasteiger charge is -2.23.